The van der Waals surface area contributed by atoms with Crippen molar-refractivity contribution >= 4 is 0 Å². The molecule has 0 saturated heterocycles. The Kier molecular flexibility index (Phi) is 8.78. The largest absolute Gasteiger partial charge is 0.393 e. The molecule has 0 spiro atoms. The normalized spacial score (nSPS) is 31.4. The molecule has 0 aromatic carbocycles. The van der Waals surface area contributed by atoms with E-state index in [2.05, 4.69) is 6.92 Å². The van der Waals surface area contributed by atoms with Crippen LogP contribution in [0.3, 0.4) is 0 Å². The Hall–Kier alpha value is -0.0400. The summed E-state index contributed by atoms with van der Waals surface area (Å²) in [6, 6.07) is 0. The smallest absolute Gasteiger partial charge is 0.0542 e. The highest BCUT2D eigenvalue weighted by atomic mass is 16.3. The van der Waals surface area contributed by atoms with Crippen molar-refractivity contribution in [3.05, 3.63) is 0 Å². The molecular formula is C16H32O. The highest BCUT2D eigenvalue weighted by Crippen LogP contribution is 2.20. The molecule has 1 nitrogen and oxygen atoms in total. The van der Waals surface area contributed by atoms with Crippen LogP contribution in [0.15, 0.2) is 0 Å². The predicted molar refractivity (Wildman–Crippen MR) is 75.2 cm³/mol. The summed E-state index contributed by atoms with van der Waals surface area (Å²) in [5.41, 5.74) is 0. The Labute approximate surface area is 108 Å². The molecular weight excluding hydrogens is 208 g/mol. The van der Waals surface area contributed by atoms with Crippen LogP contribution in [-0.2, 0) is 0 Å². The third-order valence-corrected chi connectivity index (χ3v) is 4.16. The van der Waals surface area contributed by atoms with Gasteiger partial charge in [-0.25, -0.2) is 0 Å². The van der Waals surface area contributed by atoms with Gasteiger partial charge in [0.25, 0.3) is 0 Å². The molecule has 0 aromatic heterocycles. The van der Waals surface area contributed by atoms with Crippen LogP contribution >= 0.6 is 0 Å². The summed E-state index contributed by atoms with van der Waals surface area (Å²) in [7, 11) is 0. The molecule has 0 amide bonds. The van der Waals surface area contributed by atoms with Crippen LogP contribution in [-0.4, -0.2) is 11.2 Å². The van der Waals surface area contributed by atoms with Crippen molar-refractivity contribution in [1.29, 1.82) is 0 Å². The average Bonchev–Trinajstić information content (AvgIpc) is 2.30. The van der Waals surface area contributed by atoms with Gasteiger partial charge in [-0.1, -0.05) is 77.6 Å². The monoisotopic (exact) mass is 240 g/mol. The zero-order chi connectivity index (χ0) is 12.3. The SMILES string of the molecule is C[C@@H]1CCCCCCCCCCCC[C@@H](O)C1. The average molecular weight is 240 g/mol. The molecule has 1 fully saturated rings. The Balaban J connectivity index is 2.21. The second-order valence-electron chi connectivity index (χ2n) is 6.11. The lowest BCUT2D eigenvalue weighted by Gasteiger charge is -2.16. The minimum atomic E-state index is -0.0323. The molecule has 0 bridgehead atoms. The van der Waals surface area contributed by atoms with E-state index in [0.29, 0.717) is 0 Å². The van der Waals surface area contributed by atoms with Gasteiger partial charge >= 0.3 is 0 Å². The van der Waals surface area contributed by atoms with Crippen molar-refractivity contribution in [3.8, 4) is 0 Å². The van der Waals surface area contributed by atoms with E-state index in [9.17, 15) is 5.11 Å². The fourth-order valence-corrected chi connectivity index (χ4v) is 2.99. The second kappa shape index (κ2) is 9.94. The van der Waals surface area contributed by atoms with E-state index in [0.717, 1.165) is 18.8 Å². The molecule has 1 aliphatic rings. The van der Waals surface area contributed by atoms with E-state index in [-0.39, 0.29) is 6.10 Å². The minimum Gasteiger partial charge on any atom is -0.393 e. The van der Waals surface area contributed by atoms with Gasteiger partial charge in [0.1, 0.15) is 0 Å². The first-order valence-corrected chi connectivity index (χ1v) is 7.97. The van der Waals surface area contributed by atoms with Crippen molar-refractivity contribution in [2.24, 2.45) is 5.92 Å². The van der Waals surface area contributed by atoms with Gasteiger partial charge < -0.3 is 5.11 Å². The Morgan fingerprint density at radius 3 is 1.59 bits per heavy atom. The van der Waals surface area contributed by atoms with Crippen molar-refractivity contribution in [1.82, 2.24) is 0 Å². The minimum absolute atomic E-state index is 0.0323. The van der Waals surface area contributed by atoms with Crippen LogP contribution in [0.4, 0.5) is 0 Å². The summed E-state index contributed by atoms with van der Waals surface area (Å²) < 4.78 is 0. The fraction of sp³-hybridized carbons (Fsp3) is 1.00. The number of hydrogen-bond acceptors (Lipinski definition) is 1. The zero-order valence-corrected chi connectivity index (χ0v) is 11.8. The third-order valence-electron chi connectivity index (χ3n) is 4.16. The summed E-state index contributed by atoms with van der Waals surface area (Å²) in [6.07, 6.45) is 17.2. The standard InChI is InChI=1S/C16H32O/c1-15-12-10-8-6-4-2-3-5-7-9-11-13-16(17)14-15/h15-17H,2-14H2,1H3/t15-,16-/m1/s1. The number of aliphatic hydroxyl groups is 1. The maximum atomic E-state index is 9.94. The summed E-state index contributed by atoms with van der Waals surface area (Å²) in [5, 5.41) is 9.94. The molecule has 0 heterocycles. The molecule has 0 aliphatic heterocycles. The first-order valence-electron chi connectivity index (χ1n) is 7.97. The molecule has 1 heteroatoms. The van der Waals surface area contributed by atoms with Crippen LogP contribution < -0.4 is 0 Å². The van der Waals surface area contributed by atoms with Gasteiger partial charge in [-0.15, -0.1) is 0 Å². The van der Waals surface area contributed by atoms with Crippen LogP contribution in [0.1, 0.15) is 90.4 Å². The maximum Gasteiger partial charge on any atom is 0.0542 e. The quantitative estimate of drug-likeness (QED) is 0.627. The molecule has 0 unspecified atom stereocenters. The van der Waals surface area contributed by atoms with E-state index < -0.39 is 0 Å². The molecule has 0 aromatic rings. The van der Waals surface area contributed by atoms with Gasteiger partial charge in [-0.3, -0.25) is 0 Å². The number of hydrogen-bond donors (Lipinski definition) is 1. The molecule has 1 rings (SSSR count). The van der Waals surface area contributed by atoms with Crippen LogP contribution in [0.2, 0.25) is 0 Å². The summed E-state index contributed by atoms with van der Waals surface area (Å²) >= 11 is 0. The lowest BCUT2D eigenvalue weighted by Crippen LogP contribution is -2.11. The maximum absolute atomic E-state index is 9.94. The predicted octanol–water partition coefficient (Wildman–Crippen LogP) is 5.07. The topological polar surface area (TPSA) is 20.2 Å². The highest BCUT2D eigenvalue weighted by molar-refractivity contribution is 4.63. The van der Waals surface area contributed by atoms with Gasteiger partial charge in [0.05, 0.1) is 6.10 Å². The van der Waals surface area contributed by atoms with Crippen LogP contribution in [0.25, 0.3) is 0 Å². The molecule has 1 saturated carbocycles. The van der Waals surface area contributed by atoms with Crippen LogP contribution in [0.5, 0.6) is 0 Å². The zero-order valence-electron chi connectivity index (χ0n) is 11.8. The molecule has 0 radical (unpaired) electrons. The van der Waals surface area contributed by atoms with Crippen LogP contribution in [0, 0.1) is 5.92 Å². The van der Waals surface area contributed by atoms with Gasteiger partial charge in [-0.05, 0) is 18.8 Å². The van der Waals surface area contributed by atoms with E-state index in [1.54, 1.807) is 0 Å². The van der Waals surface area contributed by atoms with E-state index >= 15 is 0 Å². The lowest BCUT2D eigenvalue weighted by molar-refractivity contribution is 0.130. The van der Waals surface area contributed by atoms with Gasteiger partial charge in [-0.2, -0.15) is 0 Å². The molecule has 2 atom stereocenters. The first-order chi connectivity index (χ1) is 8.29. The van der Waals surface area contributed by atoms with Crippen molar-refractivity contribution < 1.29 is 5.11 Å². The summed E-state index contributed by atoms with van der Waals surface area (Å²) in [6.45, 7) is 2.31. The highest BCUT2D eigenvalue weighted by Gasteiger charge is 2.10. The lowest BCUT2D eigenvalue weighted by atomic mass is 9.94. The van der Waals surface area contributed by atoms with Gasteiger partial charge in [0, 0.05) is 0 Å². The fourth-order valence-electron chi connectivity index (χ4n) is 2.99. The third kappa shape index (κ3) is 8.65. The first kappa shape index (κ1) is 15.0. The molecule has 1 aliphatic carbocycles. The summed E-state index contributed by atoms with van der Waals surface area (Å²) in [4.78, 5) is 0. The van der Waals surface area contributed by atoms with Gasteiger partial charge in [0.2, 0.25) is 0 Å². The Bertz CT molecular complexity index is 149. The van der Waals surface area contributed by atoms with Gasteiger partial charge in [0.15, 0.2) is 0 Å². The summed E-state index contributed by atoms with van der Waals surface area (Å²) in [5.74, 6) is 0.718. The Morgan fingerprint density at radius 2 is 1.06 bits per heavy atom. The molecule has 1 N–H and O–H groups in total. The van der Waals surface area contributed by atoms with Crippen molar-refractivity contribution in [2.75, 3.05) is 0 Å². The van der Waals surface area contributed by atoms with Crippen molar-refractivity contribution in [3.63, 3.8) is 0 Å². The molecule has 102 valence electrons. The number of rotatable bonds is 0. The van der Waals surface area contributed by atoms with Crippen molar-refractivity contribution in [2.45, 2.75) is 96.5 Å². The number of aliphatic hydroxyl groups excluding tert-OH is 1. The molecule has 17 heavy (non-hydrogen) atoms. The van der Waals surface area contributed by atoms with E-state index in [1.807, 2.05) is 0 Å². The Morgan fingerprint density at radius 1 is 0.647 bits per heavy atom. The van der Waals surface area contributed by atoms with E-state index in [1.165, 1.54) is 70.6 Å². The second-order valence-corrected chi connectivity index (χ2v) is 6.11. The van der Waals surface area contributed by atoms with E-state index in [4.69, 9.17) is 0 Å².